The Kier molecular flexibility index (Phi) is 6.46. The number of aliphatic imine (C=N–C) groups is 1. The quantitative estimate of drug-likeness (QED) is 0.421. The predicted molar refractivity (Wildman–Crippen MR) is 150 cm³/mol. The summed E-state index contributed by atoms with van der Waals surface area (Å²) in [5.74, 6) is 1.03. The van der Waals surface area contributed by atoms with Crippen LogP contribution in [0.15, 0.2) is 65.3 Å². The van der Waals surface area contributed by atoms with Crippen molar-refractivity contribution in [1.29, 1.82) is 0 Å². The summed E-state index contributed by atoms with van der Waals surface area (Å²) in [6.07, 6.45) is 6.65. The number of nitrogens with zero attached hydrogens (tertiary/aromatic N) is 4. The van der Waals surface area contributed by atoms with Gasteiger partial charge in [0.2, 0.25) is 16.0 Å². The SMILES string of the molecule is COc1ccc(C2N=C3C(C)=CC=CN3C2c2cc(OS(C)(=O)=O)c3nc(N)n(S(=O)(=O)C(C)C)c3c2)cc1. The van der Waals surface area contributed by atoms with Crippen molar-refractivity contribution in [2.75, 3.05) is 19.1 Å². The zero-order valence-corrected chi connectivity index (χ0v) is 23.7. The maximum atomic E-state index is 13.3. The van der Waals surface area contributed by atoms with E-state index in [9.17, 15) is 16.8 Å². The molecule has 1 aromatic heterocycles. The molecule has 0 amide bonds. The first-order chi connectivity index (χ1) is 18.3. The highest BCUT2D eigenvalue weighted by Crippen LogP contribution is 2.47. The van der Waals surface area contributed by atoms with Gasteiger partial charge in [0.1, 0.15) is 23.1 Å². The van der Waals surface area contributed by atoms with Crippen LogP contribution < -0.4 is 14.7 Å². The van der Waals surface area contributed by atoms with Crippen LogP contribution in [-0.4, -0.2) is 55.1 Å². The third kappa shape index (κ3) is 4.65. The predicted octanol–water partition coefficient (Wildman–Crippen LogP) is 3.52. The number of benzene rings is 2. The minimum Gasteiger partial charge on any atom is -0.497 e. The van der Waals surface area contributed by atoms with Crippen LogP contribution in [0.1, 0.15) is 44.0 Å². The van der Waals surface area contributed by atoms with Crippen LogP contribution in [0, 0.1) is 0 Å². The van der Waals surface area contributed by atoms with Crippen molar-refractivity contribution in [3.63, 3.8) is 0 Å². The molecule has 11 nitrogen and oxygen atoms in total. The molecule has 0 saturated carbocycles. The Labute approximate surface area is 227 Å². The Hall–Kier alpha value is -3.84. The number of hydrogen-bond acceptors (Lipinski definition) is 10. The van der Waals surface area contributed by atoms with E-state index in [1.165, 1.54) is 13.8 Å². The van der Waals surface area contributed by atoms with Gasteiger partial charge in [-0.2, -0.15) is 8.42 Å². The number of nitrogens with two attached hydrogens (primary N) is 1. The molecule has 5 rings (SSSR count). The number of amidine groups is 1. The standard InChI is InChI=1S/C26H29N5O6S2/c1-15(2)39(34,35)31-20-13-18(14-21(37-38(5,32)33)23(20)29-26(31)27)24-22(17-8-10-19(36-4)11-9-17)28-25-16(3)7-6-12-30(24)25/h6-15,22,24H,1-5H3,(H2,27,29). The highest BCUT2D eigenvalue weighted by atomic mass is 32.2. The minimum absolute atomic E-state index is 0.0244. The molecule has 2 atom stereocenters. The largest absolute Gasteiger partial charge is 0.497 e. The molecule has 39 heavy (non-hydrogen) atoms. The molecule has 0 aliphatic carbocycles. The van der Waals surface area contributed by atoms with Gasteiger partial charge in [-0.3, -0.25) is 4.99 Å². The van der Waals surface area contributed by atoms with E-state index >= 15 is 0 Å². The Bertz CT molecular complexity index is 1770. The van der Waals surface area contributed by atoms with Gasteiger partial charge in [0, 0.05) is 6.20 Å². The van der Waals surface area contributed by atoms with Crippen molar-refractivity contribution in [1.82, 2.24) is 13.9 Å². The number of rotatable bonds is 7. The van der Waals surface area contributed by atoms with Crippen LogP contribution in [0.5, 0.6) is 11.5 Å². The lowest BCUT2D eigenvalue weighted by atomic mass is 9.93. The molecule has 206 valence electrons. The van der Waals surface area contributed by atoms with Gasteiger partial charge < -0.3 is 19.6 Å². The summed E-state index contributed by atoms with van der Waals surface area (Å²) in [5, 5.41) is -0.814. The average molecular weight is 572 g/mol. The fourth-order valence-corrected chi connectivity index (χ4v) is 6.41. The normalized spacial score (nSPS) is 19.3. The van der Waals surface area contributed by atoms with E-state index in [0.29, 0.717) is 11.3 Å². The van der Waals surface area contributed by atoms with Gasteiger partial charge >= 0.3 is 10.1 Å². The van der Waals surface area contributed by atoms with E-state index in [4.69, 9.17) is 19.6 Å². The second-order valence-corrected chi connectivity index (χ2v) is 13.6. The van der Waals surface area contributed by atoms with Gasteiger partial charge in [-0.15, -0.1) is 0 Å². The Balaban J connectivity index is 1.78. The Morgan fingerprint density at radius 3 is 2.36 bits per heavy atom. The monoisotopic (exact) mass is 571 g/mol. The third-order valence-corrected chi connectivity index (χ3v) is 9.24. The summed E-state index contributed by atoms with van der Waals surface area (Å²) >= 11 is 0. The molecule has 3 aromatic rings. The number of allylic oxidation sites excluding steroid dienone is 2. The minimum atomic E-state index is -3.99. The average Bonchev–Trinajstić information content (AvgIpc) is 3.42. The molecular formula is C26H29N5O6S2. The molecule has 0 radical (unpaired) electrons. The molecule has 0 saturated heterocycles. The molecule has 2 aliphatic rings. The number of fused-ring (bicyclic) bond motifs is 2. The van der Waals surface area contributed by atoms with E-state index in [0.717, 1.165) is 27.2 Å². The fourth-order valence-electron chi connectivity index (χ4n) is 4.82. The summed E-state index contributed by atoms with van der Waals surface area (Å²) in [4.78, 5) is 11.2. The molecule has 2 aliphatic heterocycles. The van der Waals surface area contributed by atoms with E-state index in [-0.39, 0.29) is 22.7 Å². The summed E-state index contributed by atoms with van der Waals surface area (Å²) < 4.78 is 62.6. The number of methoxy groups -OCH3 is 1. The van der Waals surface area contributed by atoms with Crippen molar-refractivity contribution in [3.8, 4) is 11.5 Å². The molecule has 0 spiro atoms. The van der Waals surface area contributed by atoms with Crippen LogP contribution in [0.25, 0.3) is 11.0 Å². The summed E-state index contributed by atoms with van der Waals surface area (Å²) in [5.41, 5.74) is 8.63. The van der Waals surface area contributed by atoms with E-state index in [2.05, 4.69) is 4.98 Å². The van der Waals surface area contributed by atoms with Gasteiger partial charge in [-0.25, -0.2) is 17.4 Å². The molecule has 0 bridgehead atoms. The first-order valence-electron chi connectivity index (χ1n) is 12.1. The van der Waals surface area contributed by atoms with E-state index in [1.807, 2.05) is 54.4 Å². The second-order valence-electron chi connectivity index (χ2n) is 9.72. The topological polar surface area (TPSA) is 146 Å². The van der Waals surface area contributed by atoms with Crippen molar-refractivity contribution in [2.45, 2.75) is 38.1 Å². The number of aromatic nitrogens is 2. The Morgan fingerprint density at radius 2 is 1.74 bits per heavy atom. The molecule has 0 fully saturated rings. The Morgan fingerprint density at radius 1 is 1.05 bits per heavy atom. The molecule has 2 N–H and O–H groups in total. The van der Waals surface area contributed by atoms with Gasteiger partial charge in [0.15, 0.2) is 5.75 Å². The second kappa shape index (κ2) is 9.42. The molecular weight excluding hydrogens is 542 g/mol. The zero-order valence-electron chi connectivity index (χ0n) is 22.1. The van der Waals surface area contributed by atoms with Crippen LogP contribution >= 0.6 is 0 Å². The zero-order chi connectivity index (χ0) is 28.3. The third-order valence-electron chi connectivity index (χ3n) is 6.67. The van der Waals surface area contributed by atoms with Gasteiger partial charge in [0.05, 0.1) is 30.2 Å². The van der Waals surface area contributed by atoms with E-state index in [1.54, 1.807) is 19.2 Å². The van der Waals surface area contributed by atoms with Crippen LogP contribution in [-0.2, 0) is 20.1 Å². The summed E-state index contributed by atoms with van der Waals surface area (Å²) in [7, 11) is -6.35. The van der Waals surface area contributed by atoms with E-state index < -0.39 is 37.5 Å². The lowest BCUT2D eigenvalue weighted by Gasteiger charge is -2.30. The number of nitrogen functional groups attached to an aromatic ring is 1. The van der Waals surface area contributed by atoms with Crippen molar-refractivity contribution >= 4 is 43.0 Å². The maximum Gasteiger partial charge on any atom is 0.306 e. The fraction of sp³-hybridized carbons (Fsp3) is 0.308. The van der Waals surface area contributed by atoms with Crippen LogP contribution in [0.4, 0.5) is 5.95 Å². The first-order valence-corrected chi connectivity index (χ1v) is 15.4. The maximum absolute atomic E-state index is 13.3. The number of hydrogen-bond donors (Lipinski definition) is 1. The molecule has 2 aromatic carbocycles. The van der Waals surface area contributed by atoms with Gasteiger partial charge in [-0.1, -0.05) is 18.2 Å². The van der Waals surface area contributed by atoms with Crippen molar-refractivity contribution in [2.24, 2.45) is 4.99 Å². The number of anilines is 1. The summed E-state index contributed by atoms with van der Waals surface area (Å²) in [6, 6.07) is 9.85. The van der Waals surface area contributed by atoms with Crippen LogP contribution in [0.3, 0.4) is 0 Å². The summed E-state index contributed by atoms with van der Waals surface area (Å²) in [6.45, 7) is 5.01. The van der Waals surface area contributed by atoms with Crippen LogP contribution in [0.2, 0.25) is 0 Å². The van der Waals surface area contributed by atoms with Gasteiger partial charge in [0.25, 0.3) is 0 Å². The van der Waals surface area contributed by atoms with Crippen molar-refractivity contribution in [3.05, 3.63) is 71.5 Å². The highest BCUT2D eigenvalue weighted by molar-refractivity contribution is 7.90. The van der Waals surface area contributed by atoms with Gasteiger partial charge in [-0.05, 0) is 67.8 Å². The first kappa shape index (κ1) is 26.8. The lowest BCUT2D eigenvalue weighted by Crippen LogP contribution is -2.29. The smallest absolute Gasteiger partial charge is 0.306 e. The number of ether oxygens (including phenoxy) is 1. The lowest BCUT2D eigenvalue weighted by molar-refractivity contribution is 0.392. The van der Waals surface area contributed by atoms with Crippen molar-refractivity contribution < 1.29 is 25.8 Å². The molecule has 2 unspecified atom stereocenters. The highest BCUT2D eigenvalue weighted by Gasteiger charge is 2.40. The molecule has 13 heteroatoms. The number of imidazole rings is 1. The molecule has 3 heterocycles.